The number of carbonyl (C=O) groups is 2. The minimum absolute atomic E-state index is 0.00389. The summed E-state index contributed by atoms with van der Waals surface area (Å²) in [6.07, 6.45) is 1.55. The van der Waals surface area contributed by atoms with E-state index < -0.39 is 39.6 Å². The maximum Gasteiger partial charge on any atom is 0.281 e. The van der Waals surface area contributed by atoms with E-state index in [4.69, 9.17) is 10.2 Å². The number of nitrogens with one attached hydrogen (secondary N) is 1. The Morgan fingerprint density at radius 2 is 1.67 bits per heavy atom. The molecular formula is C32H23F2N3O5. The summed E-state index contributed by atoms with van der Waals surface area (Å²) in [5, 5.41) is 15.3. The number of carbonyl (C=O) groups excluding carboxylic acids is 2. The van der Waals surface area contributed by atoms with Crippen molar-refractivity contribution in [1.82, 2.24) is 5.32 Å². The van der Waals surface area contributed by atoms with Crippen molar-refractivity contribution < 1.29 is 27.7 Å². The number of fused-ring (bicyclic) bond motifs is 1. The predicted octanol–water partition coefficient (Wildman–Crippen LogP) is 6.40. The van der Waals surface area contributed by atoms with Crippen molar-refractivity contribution >= 4 is 28.5 Å². The van der Waals surface area contributed by atoms with Crippen LogP contribution in [0.1, 0.15) is 50.4 Å². The lowest BCUT2D eigenvalue weighted by Crippen LogP contribution is -2.34. The number of primary amides is 1. The third-order valence-electron chi connectivity index (χ3n) is 7.55. The minimum Gasteiger partial charge on any atom is -0.460 e. The zero-order valence-electron chi connectivity index (χ0n) is 22.0. The fourth-order valence-electron chi connectivity index (χ4n) is 5.26. The zero-order chi connectivity index (χ0) is 29.6. The van der Waals surface area contributed by atoms with Gasteiger partial charge < -0.3 is 15.5 Å². The van der Waals surface area contributed by atoms with E-state index in [0.717, 1.165) is 30.5 Å². The maximum atomic E-state index is 15.3. The van der Waals surface area contributed by atoms with Gasteiger partial charge in [0.1, 0.15) is 23.0 Å². The average Bonchev–Trinajstić information content (AvgIpc) is 3.66. The van der Waals surface area contributed by atoms with Gasteiger partial charge in [-0.1, -0.05) is 42.5 Å². The van der Waals surface area contributed by atoms with Crippen LogP contribution in [0.4, 0.5) is 14.5 Å². The molecule has 1 fully saturated rings. The van der Waals surface area contributed by atoms with Gasteiger partial charge in [-0.3, -0.25) is 19.7 Å². The monoisotopic (exact) mass is 567 g/mol. The van der Waals surface area contributed by atoms with Crippen molar-refractivity contribution in [3.8, 4) is 11.1 Å². The van der Waals surface area contributed by atoms with Gasteiger partial charge in [0.15, 0.2) is 0 Å². The van der Waals surface area contributed by atoms with Crippen LogP contribution < -0.4 is 11.1 Å². The number of halogens is 2. The van der Waals surface area contributed by atoms with Crippen LogP contribution in [0.2, 0.25) is 0 Å². The molecule has 10 heteroatoms. The SMILES string of the molecule is NC(=O)c1c(Cc2ccc(F)cc2)oc2cc([N+](=O)[O-])c(-c3cc(C(=O)NC4(c5ccccc5)CC4)ccc3F)cc12. The quantitative estimate of drug-likeness (QED) is 0.166. The summed E-state index contributed by atoms with van der Waals surface area (Å²) in [5.41, 5.74) is 5.97. The molecule has 2 amide bonds. The van der Waals surface area contributed by atoms with E-state index in [1.54, 1.807) is 0 Å². The second-order valence-electron chi connectivity index (χ2n) is 10.3. The Morgan fingerprint density at radius 1 is 0.952 bits per heavy atom. The van der Waals surface area contributed by atoms with Crippen LogP contribution in [0, 0.1) is 21.7 Å². The van der Waals surface area contributed by atoms with Gasteiger partial charge in [0.2, 0.25) is 0 Å². The molecule has 0 aliphatic heterocycles. The Kier molecular flexibility index (Phi) is 6.53. The molecule has 210 valence electrons. The van der Waals surface area contributed by atoms with Crippen LogP contribution in [-0.2, 0) is 12.0 Å². The first-order valence-electron chi connectivity index (χ1n) is 13.1. The van der Waals surface area contributed by atoms with Gasteiger partial charge in [0.25, 0.3) is 17.5 Å². The Labute approximate surface area is 237 Å². The molecule has 5 aromatic rings. The van der Waals surface area contributed by atoms with Crippen LogP contribution in [0.25, 0.3) is 22.1 Å². The largest absolute Gasteiger partial charge is 0.460 e. The lowest BCUT2D eigenvalue weighted by atomic mass is 9.96. The highest BCUT2D eigenvalue weighted by molar-refractivity contribution is 6.08. The van der Waals surface area contributed by atoms with Gasteiger partial charge in [-0.25, -0.2) is 8.78 Å². The van der Waals surface area contributed by atoms with E-state index in [2.05, 4.69) is 5.32 Å². The molecule has 0 saturated heterocycles. The number of benzene rings is 4. The Morgan fingerprint density at radius 3 is 2.31 bits per heavy atom. The second-order valence-corrected chi connectivity index (χ2v) is 10.3. The summed E-state index contributed by atoms with van der Waals surface area (Å²) in [7, 11) is 0. The van der Waals surface area contributed by atoms with Crippen LogP contribution in [0.3, 0.4) is 0 Å². The van der Waals surface area contributed by atoms with Crippen molar-refractivity contribution in [2.24, 2.45) is 5.73 Å². The molecule has 8 nitrogen and oxygen atoms in total. The lowest BCUT2D eigenvalue weighted by molar-refractivity contribution is -0.384. The molecule has 6 rings (SSSR count). The van der Waals surface area contributed by atoms with Crippen molar-refractivity contribution in [2.75, 3.05) is 0 Å². The first-order valence-corrected chi connectivity index (χ1v) is 13.1. The number of hydrogen-bond acceptors (Lipinski definition) is 5. The molecule has 3 N–H and O–H groups in total. The number of nitrogens with zero attached hydrogens (tertiary/aromatic N) is 1. The first kappa shape index (κ1) is 26.8. The van der Waals surface area contributed by atoms with Gasteiger partial charge in [0, 0.05) is 22.9 Å². The van der Waals surface area contributed by atoms with Crippen LogP contribution in [0.5, 0.6) is 0 Å². The Hall–Kier alpha value is -5.38. The third-order valence-corrected chi connectivity index (χ3v) is 7.55. The average molecular weight is 568 g/mol. The number of nitro groups is 1. The van der Waals surface area contributed by atoms with Crippen LogP contribution >= 0.6 is 0 Å². The highest BCUT2D eigenvalue weighted by Gasteiger charge is 2.45. The highest BCUT2D eigenvalue weighted by Crippen LogP contribution is 2.46. The Bertz CT molecular complexity index is 1880. The molecule has 0 atom stereocenters. The molecule has 1 aliphatic carbocycles. The molecule has 42 heavy (non-hydrogen) atoms. The number of furan rings is 1. The second kappa shape index (κ2) is 10.2. The summed E-state index contributed by atoms with van der Waals surface area (Å²) in [4.78, 5) is 37.2. The van der Waals surface area contributed by atoms with Crippen LogP contribution in [0.15, 0.2) is 89.3 Å². The van der Waals surface area contributed by atoms with Gasteiger partial charge in [0.05, 0.1) is 27.7 Å². The maximum absolute atomic E-state index is 15.3. The van der Waals surface area contributed by atoms with Gasteiger partial charge >= 0.3 is 0 Å². The molecular weight excluding hydrogens is 544 g/mol. The van der Waals surface area contributed by atoms with E-state index in [-0.39, 0.29) is 45.4 Å². The Balaban J connectivity index is 1.42. The molecule has 0 spiro atoms. The van der Waals surface area contributed by atoms with E-state index in [9.17, 15) is 24.1 Å². The summed E-state index contributed by atoms with van der Waals surface area (Å²) in [6, 6.07) is 21.0. The smallest absolute Gasteiger partial charge is 0.281 e. The standard InChI is InChI=1S/C32H23F2N3O5/c33-21-9-6-18(7-10-21)14-28-29(30(35)38)24-16-23(26(37(40)41)17-27(24)42-28)22-15-19(8-11-25(22)34)31(39)36-32(12-13-32)20-4-2-1-3-5-20/h1-11,15-17H,12-14H2,(H2,35,38)(H,36,39). The molecule has 1 heterocycles. The number of amides is 2. The fraction of sp³-hybridized carbons (Fsp3) is 0.125. The molecule has 0 unspecified atom stereocenters. The van der Waals surface area contributed by atoms with E-state index in [1.165, 1.54) is 42.5 Å². The van der Waals surface area contributed by atoms with E-state index >= 15 is 4.39 Å². The summed E-state index contributed by atoms with van der Waals surface area (Å²) in [5.74, 6) is -2.42. The van der Waals surface area contributed by atoms with Crippen molar-refractivity contribution in [3.63, 3.8) is 0 Å². The molecule has 0 bridgehead atoms. The van der Waals surface area contributed by atoms with Crippen LogP contribution in [-0.4, -0.2) is 16.7 Å². The molecule has 1 aliphatic rings. The normalized spacial score (nSPS) is 13.6. The molecule has 4 aromatic carbocycles. The molecule has 0 radical (unpaired) electrons. The predicted molar refractivity (Wildman–Crippen MR) is 151 cm³/mol. The van der Waals surface area contributed by atoms with Crippen molar-refractivity contribution in [2.45, 2.75) is 24.8 Å². The van der Waals surface area contributed by atoms with Gasteiger partial charge in [-0.15, -0.1) is 0 Å². The third kappa shape index (κ3) is 4.87. The zero-order valence-corrected chi connectivity index (χ0v) is 22.0. The lowest BCUT2D eigenvalue weighted by Gasteiger charge is -2.18. The summed E-state index contributed by atoms with van der Waals surface area (Å²) in [6.45, 7) is 0. The highest BCUT2D eigenvalue weighted by atomic mass is 19.1. The summed E-state index contributed by atoms with van der Waals surface area (Å²) >= 11 is 0. The minimum atomic E-state index is -0.852. The van der Waals surface area contributed by atoms with Gasteiger partial charge in [-0.2, -0.15) is 0 Å². The van der Waals surface area contributed by atoms with Crippen molar-refractivity contribution in [1.29, 1.82) is 0 Å². The fourth-order valence-corrected chi connectivity index (χ4v) is 5.26. The topological polar surface area (TPSA) is 128 Å². The molecule has 1 saturated carbocycles. The first-order chi connectivity index (χ1) is 20.1. The van der Waals surface area contributed by atoms with Crippen molar-refractivity contribution in [3.05, 3.63) is 135 Å². The number of hydrogen-bond donors (Lipinski definition) is 2. The number of nitro benzene ring substituents is 1. The molecule has 1 aromatic heterocycles. The summed E-state index contributed by atoms with van der Waals surface area (Å²) < 4.78 is 34.5. The van der Waals surface area contributed by atoms with Gasteiger partial charge in [-0.05, 0) is 60.4 Å². The number of rotatable bonds is 8. The van der Waals surface area contributed by atoms with E-state index in [1.807, 2.05) is 30.3 Å². The van der Waals surface area contributed by atoms with E-state index in [0.29, 0.717) is 5.56 Å². The number of nitrogens with two attached hydrogens (primary N) is 1.